The maximum atomic E-state index is 5.84. The Labute approximate surface area is 179 Å². The highest BCUT2D eigenvalue weighted by molar-refractivity contribution is 5.80. The summed E-state index contributed by atoms with van der Waals surface area (Å²) in [6, 6.07) is 8.94. The predicted molar refractivity (Wildman–Crippen MR) is 118 cm³/mol. The van der Waals surface area contributed by atoms with Crippen LogP contribution in [-0.2, 0) is 13.6 Å². The second-order valence-electron chi connectivity index (χ2n) is 8.54. The summed E-state index contributed by atoms with van der Waals surface area (Å²) in [5, 5.41) is 15.9. The third-order valence-electron chi connectivity index (χ3n) is 6.53. The van der Waals surface area contributed by atoms with Crippen LogP contribution in [0.25, 0.3) is 0 Å². The molecule has 2 N–H and O–H groups in total. The molecule has 0 radical (unpaired) electrons. The molecule has 4 rings (SSSR count). The Morgan fingerprint density at radius 2 is 2.07 bits per heavy atom. The second kappa shape index (κ2) is 9.49. The number of benzene rings is 1. The van der Waals surface area contributed by atoms with Crippen LogP contribution in [0.4, 0.5) is 0 Å². The molecule has 0 spiro atoms. The van der Waals surface area contributed by atoms with Crippen LogP contribution in [0.1, 0.15) is 68.7 Å². The fraction of sp³-hybridized carbons (Fsp3) is 0.609. The van der Waals surface area contributed by atoms with Gasteiger partial charge in [0.2, 0.25) is 0 Å². The number of para-hydroxylation sites is 1. The highest BCUT2D eigenvalue weighted by Gasteiger charge is 2.25. The van der Waals surface area contributed by atoms with Crippen molar-refractivity contribution in [2.75, 3.05) is 6.61 Å². The van der Waals surface area contributed by atoms with Gasteiger partial charge in [-0.25, -0.2) is 4.99 Å². The van der Waals surface area contributed by atoms with Crippen LogP contribution in [0, 0.1) is 12.8 Å². The highest BCUT2D eigenvalue weighted by Crippen LogP contribution is 2.32. The van der Waals surface area contributed by atoms with E-state index in [4.69, 9.17) is 9.73 Å². The SMILES string of the molecule is CCC1CCCC(NC(=NCc2nnc(C)n2C)NC2CCOc3ccccc32)C1. The van der Waals surface area contributed by atoms with Crippen LogP contribution >= 0.6 is 0 Å². The third-order valence-corrected chi connectivity index (χ3v) is 6.53. The normalized spacial score (nSPS) is 24.1. The average Bonchev–Trinajstić information content (AvgIpc) is 3.10. The lowest BCUT2D eigenvalue weighted by Gasteiger charge is -2.33. The molecule has 1 aliphatic carbocycles. The van der Waals surface area contributed by atoms with E-state index < -0.39 is 0 Å². The van der Waals surface area contributed by atoms with Crippen LogP contribution in [0.15, 0.2) is 29.3 Å². The van der Waals surface area contributed by atoms with Gasteiger partial charge in [0, 0.05) is 25.1 Å². The van der Waals surface area contributed by atoms with Crippen molar-refractivity contribution in [3.63, 3.8) is 0 Å². The van der Waals surface area contributed by atoms with Gasteiger partial charge in [0.15, 0.2) is 11.8 Å². The Kier molecular flexibility index (Phi) is 6.55. The Morgan fingerprint density at radius 1 is 1.20 bits per heavy atom. The van der Waals surface area contributed by atoms with Crippen molar-refractivity contribution in [2.24, 2.45) is 18.0 Å². The molecule has 1 aromatic heterocycles. The first kappa shape index (κ1) is 20.7. The molecule has 7 heteroatoms. The zero-order valence-electron chi connectivity index (χ0n) is 18.4. The number of guanidine groups is 1. The first-order valence-corrected chi connectivity index (χ1v) is 11.3. The summed E-state index contributed by atoms with van der Waals surface area (Å²) in [6.07, 6.45) is 7.22. The molecule has 2 aliphatic rings. The van der Waals surface area contributed by atoms with Gasteiger partial charge in [-0.1, -0.05) is 44.4 Å². The van der Waals surface area contributed by atoms with Gasteiger partial charge in [-0.05, 0) is 31.7 Å². The molecule has 3 atom stereocenters. The van der Waals surface area contributed by atoms with Crippen molar-refractivity contribution in [3.05, 3.63) is 41.5 Å². The predicted octanol–water partition coefficient (Wildman–Crippen LogP) is 3.65. The Balaban J connectivity index is 1.52. The number of aromatic nitrogens is 3. The van der Waals surface area contributed by atoms with Crippen molar-refractivity contribution >= 4 is 5.96 Å². The number of aryl methyl sites for hydroxylation is 1. The molecule has 1 saturated carbocycles. The number of rotatable bonds is 5. The Hall–Kier alpha value is -2.57. The molecule has 30 heavy (non-hydrogen) atoms. The van der Waals surface area contributed by atoms with Crippen LogP contribution in [-0.4, -0.2) is 33.4 Å². The zero-order chi connectivity index (χ0) is 20.9. The first-order valence-electron chi connectivity index (χ1n) is 11.3. The summed E-state index contributed by atoms with van der Waals surface area (Å²) >= 11 is 0. The molecular formula is C23H34N6O. The van der Waals surface area contributed by atoms with Crippen molar-refractivity contribution in [1.29, 1.82) is 0 Å². The molecular weight excluding hydrogens is 376 g/mol. The van der Waals surface area contributed by atoms with E-state index >= 15 is 0 Å². The number of hydrogen-bond acceptors (Lipinski definition) is 4. The monoisotopic (exact) mass is 410 g/mol. The van der Waals surface area contributed by atoms with Gasteiger partial charge in [-0.2, -0.15) is 0 Å². The van der Waals surface area contributed by atoms with Crippen LogP contribution in [0.2, 0.25) is 0 Å². The van der Waals surface area contributed by atoms with Gasteiger partial charge < -0.3 is 19.9 Å². The topological polar surface area (TPSA) is 76.4 Å². The standard InChI is InChI=1S/C23H34N6O/c1-4-17-8-7-9-18(14-17)25-23(24-15-22-28-27-16(2)29(22)3)26-20-12-13-30-21-11-6-5-10-19(20)21/h5-6,10-11,17-18,20H,4,7-9,12-15H2,1-3H3,(H2,24,25,26). The minimum Gasteiger partial charge on any atom is -0.493 e. The highest BCUT2D eigenvalue weighted by atomic mass is 16.5. The van der Waals surface area contributed by atoms with E-state index in [9.17, 15) is 0 Å². The summed E-state index contributed by atoms with van der Waals surface area (Å²) in [6.45, 7) is 5.48. The summed E-state index contributed by atoms with van der Waals surface area (Å²) in [5.74, 6) is 4.41. The van der Waals surface area contributed by atoms with Gasteiger partial charge in [-0.15, -0.1) is 10.2 Å². The number of nitrogens with one attached hydrogen (secondary N) is 2. The molecule has 0 amide bonds. The molecule has 3 unspecified atom stereocenters. The lowest BCUT2D eigenvalue weighted by molar-refractivity contribution is 0.260. The minimum atomic E-state index is 0.188. The van der Waals surface area contributed by atoms with Gasteiger partial charge in [-0.3, -0.25) is 0 Å². The van der Waals surface area contributed by atoms with Gasteiger partial charge in [0.1, 0.15) is 18.1 Å². The summed E-state index contributed by atoms with van der Waals surface area (Å²) in [5.41, 5.74) is 1.20. The van der Waals surface area contributed by atoms with E-state index in [0.717, 1.165) is 35.7 Å². The molecule has 2 heterocycles. The molecule has 1 aliphatic heterocycles. The van der Waals surface area contributed by atoms with Crippen LogP contribution in [0.3, 0.4) is 0 Å². The van der Waals surface area contributed by atoms with E-state index in [-0.39, 0.29) is 6.04 Å². The largest absolute Gasteiger partial charge is 0.493 e. The number of fused-ring (bicyclic) bond motifs is 1. The fourth-order valence-electron chi connectivity index (χ4n) is 4.51. The van der Waals surface area contributed by atoms with E-state index in [0.29, 0.717) is 19.2 Å². The lowest BCUT2D eigenvalue weighted by Crippen LogP contribution is -2.47. The van der Waals surface area contributed by atoms with E-state index in [1.165, 1.54) is 37.7 Å². The molecule has 1 fully saturated rings. The number of ether oxygens (including phenoxy) is 1. The number of aliphatic imine (C=N–C) groups is 1. The summed E-state index contributed by atoms with van der Waals surface area (Å²) < 4.78 is 7.84. The van der Waals surface area contributed by atoms with Crippen molar-refractivity contribution in [3.8, 4) is 5.75 Å². The third kappa shape index (κ3) is 4.77. The molecule has 1 aromatic carbocycles. The quantitative estimate of drug-likeness (QED) is 0.581. The van der Waals surface area contributed by atoms with Crippen LogP contribution in [0.5, 0.6) is 5.75 Å². The lowest BCUT2D eigenvalue weighted by atomic mass is 9.84. The number of nitrogens with zero attached hydrogens (tertiary/aromatic N) is 4. The van der Waals surface area contributed by atoms with Gasteiger partial charge in [0.25, 0.3) is 0 Å². The maximum absolute atomic E-state index is 5.84. The molecule has 2 aromatic rings. The van der Waals surface area contributed by atoms with Gasteiger partial charge >= 0.3 is 0 Å². The Morgan fingerprint density at radius 3 is 2.87 bits per heavy atom. The van der Waals surface area contributed by atoms with Crippen molar-refractivity contribution < 1.29 is 4.74 Å². The molecule has 0 saturated heterocycles. The first-order chi connectivity index (χ1) is 14.6. The fourth-order valence-corrected chi connectivity index (χ4v) is 4.51. The second-order valence-corrected chi connectivity index (χ2v) is 8.54. The van der Waals surface area contributed by atoms with Crippen molar-refractivity contribution in [1.82, 2.24) is 25.4 Å². The molecule has 162 valence electrons. The Bertz CT molecular complexity index is 876. The van der Waals surface area contributed by atoms with Crippen molar-refractivity contribution in [2.45, 2.75) is 71.0 Å². The number of hydrogen-bond donors (Lipinski definition) is 2. The van der Waals surface area contributed by atoms with E-state index in [1.807, 2.05) is 30.7 Å². The van der Waals surface area contributed by atoms with E-state index in [2.05, 4.69) is 39.9 Å². The summed E-state index contributed by atoms with van der Waals surface area (Å²) in [4.78, 5) is 4.91. The smallest absolute Gasteiger partial charge is 0.192 e. The zero-order valence-corrected chi connectivity index (χ0v) is 18.4. The van der Waals surface area contributed by atoms with E-state index in [1.54, 1.807) is 0 Å². The maximum Gasteiger partial charge on any atom is 0.192 e. The average molecular weight is 411 g/mol. The molecule has 7 nitrogen and oxygen atoms in total. The summed E-state index contributed by atoms with van der Waals surface area (Å²) in [7, 11) is 1.99. The minimum absolute atomic E-state index is 0.188. The van der Waals surface area contributed by atoms with Crippen LogP contribution < -0.4 is 15.4 Å². The van der Waals surface area contributed by atoms with Gasteiger partial charge in [0.05, 0.1) is 12.6 Å². The molecule has 0 bridgehead atoms.